The number of benzene rings is 2. The minimum Gasteiger partial charge on any atom is -0.497 e. The van der Waals surface area contributed by atoms with Gasteiger partial charge in [0.25, 0.3) is 0 Å². The smallest absolute Gasteiger partial charge is 0.306 e. The summed E-state index contributed by atoms with van der Waals surface area (Å²) in [5.41, 5.74) is 5.15. The molecule has 0 saturated carbocycles. The molecule has 0 bridgehead atoms. The van der Waals surface area contributed by atoms with Crippen LogP contribution in [0.1, 0.15) is 24.5 Å². The molecule has 0 aliphatic heterocycles. The molecule has 29 heavy (non-hydrogen) atoms. The molecule has 3 rings (SSSR count). The highest BCUT2D eigenvalue weighted by molar-refractivity contribution is 5.78. The van der Waals surface area contributed by atoms with Gasteiger partial charge < -0.3 is 9.47 Å². The van der Waals surface area contributed by atoms with E-state index in [4.69, 9.17) is 9.47 Å². The summed E-state index contributed by atoms with van der Waals surface area (Å²) < 4.78 is 10.4. The lowest BCUT2D eigenvalue weighted by molar-refractivity contribution is -0.143. The molecule has 0 saturated heterocycles. The van der Waals surface area contributed by atoms with Crippen molar-refractivity contribution in [2.45, 2.75) is 19.8 Å². The topological polar surface area (TPSA) is 72.2 Å². The van der Waals surface area contributed by atoms with Crippen LogP contribution in [0.2, 0.25) is 0 Å². The van der Waals surface area contributed by atoms with Crippen LogP contribution >= 0.6 is 0 Å². The van der Waals surface area contributed by atoms with Gasteiger partial charge in [0.15, 0.2) is 0 Å². The van der Waals surface area contributed by atoms with Gasteiger partial charge in [0.2, 0.25) is 0 Å². The van der Waals surface area contributed by atoms with E-state index >= 15 is 0 Å². The summed E-state index contributed by atoms with van der Waals surface area (Å²) in [6, 6.07) is 17.6. The van der Waals surface area contributed by atoms with E-state index in [0.717, 1.165) is 33.6 Å². The van der Waals surface area contributed by atoms with E-state index in [0.29, 0.717) is 18.6 Å². The summed E-state index contributed by atoms with van der Waals surface area (Å²) in [5, 5.41) is 9.69. The second kappa shape index (κ2) is 9.52. The number of esters is 1. The van der Waals surface area contributed by atoms with Crippen LogP contribution in [0.15, 0.2) is 60.9 Å². The Bertz CT molecular complexity index is 1040. The monoisotopic (exact) mass is 386 g/mol. The summed E-state index contributed by atoms with van der Waals surface area (Å²) in [4.78, 5) is 16.0. The molecule has 0 unspecified atom stereocenters. The molecule has 5 nitrogen and oxygen atoms in total. The zero-order valence-corrected chi connectivity index (χ0v) is 16.5. The number of carbonyl (C=O) groups is 1. The molecule has 1 aromatic heterocycles. The number of pyridine rings is 1. The fourth-order valence-corrected chi connectivity index (χ4v) is 3.23. The molecular weight excluding hydrogens is 364 g/mol. The molecule has 0 fully saturated rings. The highest BCUT2D eigenvalue weighted by Crippen LogP contribution is 2.32. The second-order valence-corrected chi connectivity index (χ2v) is 6.44. The Morgan fingerprint density at radius 1 is 1.10 bits per heavy atom. The predicted molar refractivity (Wildman–Crippen MR) is 111 cm³/mol. The first-order valence-corrected chi connectivity index (χ1v) is 9.43. The third-order valence-corrected chi connectivity index (χ3v) is 4.64. The molecule has 0 aliphatic rings. The lowest BCUT2D eigenvalue weighted by Gasteiger charge is -2.13. The van der Waals surface area contributed by atoms with E-state index in [9.17, 15) is 10.1 Å². The number of nitrogens with zero attached hydrogens (tertiary/aromatic N) is 2. The molecule has 146 valence electrons. The first-order chi connectivity index (χ1) is 14.2. The van der Waals surface area contributed by atoms with Crippen molar-refractivity contribution in [3.63, 3.8) is 0 Å². The number of hydrogen-bond acceptors (Lipinski definition) is 5. The quantitative estimate of drug-likeness (QED) is 0.546. The van der Waals surface area contributed by atoms with Crippen LogP contribution in [0.3, 0.4) is 0 Å². The van der Waals surface area contributed by atoms with Gasteiger partial charge in [-0.1, -0.05) is 24.3 Å². The minimum absolute atomic E-state index is 0.231. The number of aromatic nitrogens is 1. The third-order valence-electron chi connectivity index (χ3n) is 4.64. The predicted octanol–water partition coefficient (Wildman–Crippen LogP) is 4.79. The summed E-state index contributed by atoms with van der Waals surface area (Å²) in [7, 11) is 1.61. The number of aryl methyl sites for hydroxylation is 1. The van der Waals surface area contributed by atoms with Gasteiger partial charge in [0, 0.05) is 29.9 Å². The Morgan fingerprint density at radius 3 is 2.62 bits per heavy atom. The Labute approximate surface area is 170 Å². The molecule has 0 spiro atoms. The largest absolute Gasteiger partial charge is 0.497 e. The van der Waals surface area contributed by atoms with Crippen LogP contribution in [-0.4, -0.2) is 24.7 Å². The van der Waals surface area contributed by atoms with Crippen LogP contribution < -0.4 is 4.74 Å². The van der Waals surface area contributed by atoms with Crippen LogP contribution in [-0.2, 0) is 16.0 Å². The highest BCUT2D eigenvalue weighted by Gasteiger charge is 2.13. The highest BCUT2D eigenvalue weighted by atomic mass is 16.5. The lowest BCUT2D eigenvalue weighted by Crippen LogP contribution is -2.06. The molecule has 1 heterocycles. The maximum atomic E-state index is 11.8. The van der Waals surface area contributed by atoms with E-state index < -0.39 is 0 Å². The molecule has 0 N–H and O–H groups in total. The maximum Gasteiger partial charge on any atom is 0.306 e. The molecule has 5 heteroatoms. The number of nitriles is 1. The van der Waals surface area contributed by atoms with Crippen LogP contribution in [0.5, 0.6) is 5.75 Å². The SMILES string of the molecule is CCOC(=O)CCc1cc(OC)ccc1-c1ccc(-c2cccnc2)c(C#N)c1. The lowest BCUT2D eigenvalue weighted by atomic mass is 9.92. The summed E-state index contributed by atoms with van der Waals surface area (Å²) in [5.74, 6) is 0.492. The van der Waals surface area contributed by atoms with Crippen LogP contribution in [0.25, 0.3) is 22.3 Å². The van der Waals surface area contributed by atoms with Gasteiger partial charge in [-0.3, -0.25) is 9.78 Å². The van der Waals surface area contributed by atoms with Gasteiger partial charge in [-0.25, -0.2) is 0 Å². The Kier molecular flexibility index (Phi) is 6.59. The van der Waals surface area contributed by atoms with Gasteiger partial charge in [0.1, 0.15) is 5.75 Å². The second-order valence-electron chi connectivity index (χ2n) is 6.44. The van der Waals surface area contributed by atoms with Crippen molar-refractivity contribution < 1.29 is 14.3 Å². The van der Waals surface area contributed by atoms with Crippen molar-refractivity contribution in [1.82, 2.24) is 4.98 Å². The van der Waals surface area contributed by atoms with E-state index in [2.05, 4.69) is 11.1 Å². The van der Waals surface area contributed by atoms with Gasteiger partial charge in [0.05, 0.1) is 25.3 Å². The Balaban J connectivity index is 1.99. The Hall–Kier alpha value is -3.65. The number of ether oxygens (including phenoxy) is 2. The van der Waals surface area contributed by atoms with Crippen molar-refractivity contribution >= 4 is 5.97 Å². The maximum absolute atomic E-state index is 11.8. The average Bonchev–Trinajstić information content (AvgIpc) is 2.77. The van der Waals surface area contributed by atoms with E-state index in [1.165, 1.54) is 0 Å². The third kappa shape index (κ3) is 4.80. The molecule has 0 radical (unpaired) electrons. The number of rotatable bonds is 7. The summed E-state index contributed by atoms with van der Waals surface area (Å²) in [6.45, 7) is 2.16. The fourth-order valence-electron chi connectivity index (χ4n) is 3.23. The zero-order chi connectivity index (χ0) is 20.6. The van der Waals surface area contributed by atoms with Crippen molar-refractivity contribution in [3.05, 3.63) is 72.1 Å². The average molecular weight is 386 g/mol. The van der Waals surface area contributed by atoms with Crippen LogP contribution in [0.4, 0.5) is 0 Å². The van der Waals surface area contributed by atoms with Gasteiger partial charge in [-0.15, -0.1) is 0 Å². The number of hydrogen-bond donors (Lipinski definition) is 0. The van der Waals surface area contributed by atoms with Crippen molar-refractivity contribution in [1.29, 1.82) is 5.26 Å². The zero-order valence-electron chi connectivity index (χ0n) is 16.5. The first kappa shape index (κ1) is 20.1. The van der Waals surface area contributed by atoms with Crippen molar-refractivity contribution in [3.8, 4) is 34.1 Å². The van der Waals surface area contributed by atoms with E-state index in [1.807, 2.05) is 48.5 Å². The van der Waals surface area contributed by atoms with Gasteiger partial charge >= 0.3 is 5.97 Å². The summed E-state index contributed by atoms with van der Waals surface area (Å²) in [6.07, 6.45) is 4.26. The van der Waals surface area contributed by atoms with E-state index in [1.54, 1.807) is 26.4 Å². The standard InChI is InChI=1S/C24H22N2O3/c1-3-29-24(27)11-7-18-14-21(28-2)8-10-22(18)17-6-9-23(20(13-17)15-25)19-5-4-12-26-16-19/h4-6,8-10,12-14,16H,3,7,11H2,1-2H3. The van der Waals surface area contributed by atoms with Crippen molar-refractivity contribution in [2.75, 3.05) is 13.7 Å². The minimum atomic E-state index is -0.231. The number of carbonyl (C=O) groups excluding carboxylic acids is 1. The fraction of sp³-hybridized carbons (Fsp3) is 0.208. The van der Waals surface area contributed by atoms with Gasteiger partial charge in [-0.05, 0) is 54.3 Å². The molecule has 0 aliphatic carbocycles. The molecule has 0 amide bonds. The van der Waals surface area contributed by atoms with Crippen molar-refractivity contribution in [2.24, 2.45) is 0 Å². The first-order valence-electron chi connectivity index (χ1n) is 9.43. The Morgan fingerprint density at radius 2 is 1.93 bits per heavy atom. The summed E-state index contributed by atoms with van der Waals surface area (Å²) >= 11 is 0. The molecule has 3 aromatic rings. The molecule has 2 aromatic carbocycles. The number of methoxy groups -OCH3 is 1. The normalized spacial score (nSPS) is 10.2. The molecular formula is C24H22N2O3. The van der Waals surface area contributed by atoms with Gasteiger partial charge in [-0.2, -0.15) is 5.26 Å². The van der Waals surface area contributed by atoms with Crippen LogP contribution in [0, 0.1) is 11.3 Å². The van der Waals surface area contributed by atoms with E-state index in [-0.39, 0.29) is 12.4 Å². The molecule has 0 atom stereocenters.